The maximum atomic E-state index is 11.2. The van der Waals surface area contributed by atoms with Crippen LogP contribution in [0.3, 0.4) is 0 Å². The number of carbonyl (C=O) groups excluding carboxylic acids is 1. The monoisotopic (exact) mass is 203 g/mol. The second-order valence-electron chi connectivity index (χ2n) is 4.59. The standard InChI is InChI=1S/C13H17NO/c1-5-9-10(12(14)15)7-6-8-11(9)13(2,3)4/h5-8H,1H2,2-4H3,(H2,14,15). The third kappa shape index (κ3) is 2.27. The van der Waals surface area contributed by atoms with Crippen LogP contribution in [0.25, 0.3) is 6.08 Å². The van der Waals surface area contributed by atoms with Gasteiger partial charge in [0.05, 0.1) is 0 Å². The van der Waals surface area contributed by atoms with Gasteiger partial charge in [0.2, 0.25) is 5.91 Å². The predicted octanol–water partition coefficient (Wildman–Crippen LogP) is 2.73. The molecule has 1 amide bonds. The lowest BCUT2D eigenvalue weighted by molar-refractivity contribution is 0.1000. The molecule has 0 saturated heterocycles. The molecule has 0 aliphatic rings. The van der Waals surface area contributed by atoms with Crippen LogP contribution in [0.15, 0.2) is 24.8 Å². The third-order valence-electron chi connectivity index (χ3n) is 2.38. The summed E-state index contributed by atoms with van der Waals surface area (Å²) < 4.78 is 0. The van der Waals surface area contributed by atoms with Gasteiger partial charge in [0.25, 0.3) is 0 Å². The Kier molecular flexibility index (Phi) is 2.98. The first-order valence-corrected chi connectivity index (χ1v) is 4.93. The smallest absolute Gasteiger partial charge is 0.249 e. The summed E-state index contributed by atoms with van der Waals surface area (Å²) >= 11 is 0. The van der Waals surface area contributed by atoms with E-state index in [0.29, 0.717) is 5.56 Å². The largest absolute Gasteiger partial charge is 0.366 e. The Bertz CT molecular complexity index is 399. The molecule has 0 saturated carbocycles. The van der Waals surface area contributed by atoms with Gasteiger partial charge in [0.1, 0.15) is 0 Å². The van der Waals surface area contributed by atoms with E-state index in [-0.39, 0.29) is 5.41 Å². The van der Waals surface area contributed by atoms with Crippen molar-refractivity contribution in [3.8, 4) is 0 Å². The molecular formula is C13H17NO. The highest BCUT2D eigenvalue weighted by molar-refractivity contribution is 5.97. The lowest BCUT2D eigenvalue weighted by Crippen LogP contribution is -2.18. The first-order valence-electron chi connectivity index (χ1n) is 4.93. The summed E-state index contributed by atoms with van der Waals surface area (Å²) in [7, 11) is 0. The molecule has 2 heteroatoms. The van der Waals surface area contributed by atoms with Crippen LogP contribution in [0.5, 0.6) is 0 Å². The van der Waals surface area contributed by atoms with Crippen molar-refractivity contribution < 1.29 is 4.79 Å². The fourth-order valence-electron chi connectivity index (χ4n) is 1.65. The van der Waals surface area contributed by atoms with Crippen molar-refractivity contribution in [3.63, 3.8) is 0 Å². The molecule has 1 aromatic rings. The van der Waals surface area contributed by atoms with E-state index in [0.717, 1.165) is 11.1 Å². The molecule has 0 aliphatic heterocycles. The van der Waals surface area contributed by atoms with Gasteiger partial charge in [0.15, 0.2) is 0 Å². The number of rotatable bonds is 2. The van der Waals surface area contributed by atoms with Crippen molar-refractivity contribution >= 4 is 12.0 Å². The number of nitrogens with two attached hydrogens (primary N) is 1. The van der Waals surface area contributed by atoms with Gasteiger partial charge in [-0.3, -0.25) is 4.79 Å². The summed E-state index contributed by atoms with van der Waals surface area (Å²) in [5.74, 6) is -0.406. The Morgan fingerprint density at radius 3 is 2.40 bits per heavy atom. The molecule has 15 heavy (non-hydrogen) atoms. The third-order valence-corrected chi connectivity index (χ3v) is 2.38. The maximum Gasteiger partial charge on any atom is 0.249 e. The Morgan fingerprint density at radius 2 is 2.00 bits per heavy atom. The highest BCUT2D eigenvalue weighted by atomic mass is 16.1. The zero-order chi connectivity index (χ0) is 11.6. The minimum atomic E-state index is -0.406. The molecule has 0 unspecified atom stereocenters. The molecule has 0 fully saturated rings. The Labute approximate surface area is 90.8 Å². The van der Waals surface area contributed by atoms with Gasteiger partial charge in [-0.15, -0.1) is 0 Å². The van der Waals surface area contributed by atoms with Crippen molar-refractivity contribution in [1.29, 1.82) is 0 Å². The molecule has 2 nitrogen and oxygen atoms in total. The van der Waals surface area contributed by atoms with Gasteiger partial charge in [-0.2, -0.15) is 0 Å². The van der Waals surface area contributed by atoms with Crippen LogP contribution in [0.4, 0.5) is 0 Å². The number of hydrogen-bond donors (Lipinski definition) is 1. The van der Waals surface area contributed by atoms with E-state index in [1.54, 1.807) is 12.1 Å². The number of carbonyl (C=O) groups is 1. The van der Waals surface area contributed by atoms with Crippen LogP contribution < -0.4 is 5.73 Å². The van der Waals surface area contributed by atoms with E-state index < -0.39 is 5.91 Å². The summed E-state index contributed by atoms with van der Waals surface area (Å²) in [6.07, 6.45) is 1.70. The molecule has 0 radical (unpaired) electrons. The lowest BCUT2D eigenvalue weighted by Gasteiger charge is -2.22. The van der Waals surface area contributed by atoms with Crippen molar-refractivity contribution in [2.75, 3.05) is 0 Å². The van der Waals surface area contributed by atoms with Crippen LogP contribution in [-0.4, -0.2) is 5.91 Å². The fraction of sp³-hybridized carbons (Fsp3) is 0.308. The minimum absolute atomic E-state index is 0.0189. The van der Waals surface area contributed by atoms with Crippen LogP contribution in [-0.2, 0) is 5.41 Å². The second kappa shape index (κ2) is 3.89. The van der Waals surface area contributed by atoms with Crippen molar-refractivity contribution in [1.82, 2.24) is 0 Å². The highest BCUT2D eigenvalue weighted by Gasteiger charge is 2.19. The average molecular weight is 203 g/mol. The van der Waals surface area contributed by atoms with Crippen LogP contribution in [0, 0.1) is 0 Å². The molecule has 0 spiro atoms. The topological polar surface area (TPSA) is 43.1 Å². The molecule has 0 bridgehead atoms. The molecule has 1 rings (SSSR count). The van der Waals surface area contributed by atoms with Gasteiger partial charge in [-0.1, -0.05) is 45.6 Å². The summed E-state index contributed by atoms with van der Waals surface area (Å²) in [6.45, 7) is 10.0. The van der Waals surface area contributed by atoms with Crippen LogP contribution in [0.1, 0.15) is 42.3 Å². The van der Waals surface area contributed by atoms with E-state index in [4.69, 9.17) is 5.73 Å². The summed E-state index contributed by atoms with van der Waals surface area (Å²) in [4.78, 5) is 11.2. The van der Waals surface area contributed by atoms with Gasteiger partial charge >= 0.3 is 0 Å². The van der Waals surface area contributed by atoms with Gasteiger partial charge in [-0.05, 0) is 22.6 Å². The SMILES string of the molecule is C=Cc1c(C(N)=O)cccc1C(C)(C)C. The molecular weight excluding hydrogens is 186 g/mol. The van der Waals surface area contributed by atoms with Crippen molar-refractivity contribution in [2.24, 2.45) is 5.73 Å². The number of amides is 1. The molecule has 1 aromatic carbocycles. The maximum absolute atomic E-state index is 11.2. The Balaban J connectivity index is 3.48. The predicted molar refractivity (Wildman–Crippen MR) is 63.8 cm³/mol. The Morgan fingerprint density at radius 1 is 1.40 bits per heavy atom. The normalized spacial score (nSPS) is 11.1. The fourth-order valence-corrected chi connectivity index (χ4v) is 1.65. The molecule has 0 aliphatic carbocycles. The van der Waals surface area contributed by atoms with Gasteiger partial charge < -0.3 is 5.73 Å². The minimum Gasteiger partial charge on any atom is -0.366 e. The van der Waals surface area contributed by atoms with E-state index in [1.807, 2.05) is 12.1 Å². The van der Waals surface area contributed by atoms with Crippen LogP contribution in [0.2, 0.25) is 0 Å². The molecule has 0 atom stereocenters. The highest BCUT2D eigenvalue weighted by Crippen LogP contribution is 2.28. The number of benzene rings is 1. The summed E-state index contributed by atoms with van der Waals surface area (Å²) in [6, 6.07) is 5.59. The van der Waals surface area contributed by atoms with Crippen molar-refractivity contribution in [3.05, 3.63) is 41.5 Å². The lowest BCUT2D eigenvalue weighted by atomic mass is 9.82. The summed E-state index contributed by atoms with van der Waals surface area (Å²) in [5, 5.41) is 0. The van der Waals surface area contributed by atoms with Crippen molar-refractivity contribution in [2.45, 2.75) is 26.2 Å². The zero-order valence-electron chi connectivity index (χ0n) is 9.50. The summed E-state index contributed by atoms with van der Waals surface area (Å²) in [5.41, 5.74) is 7.77. The van der Waals surface area contributed by atoms with E-state index in [2.05, 4.69) is 27.4 Å². The van der Waals surface area contributed by atoms with E-state index in [9.17, 15) is 4.79 Å². The van der Waals surface area contributed by atoms with Gasteiger partial charge in [-0.25, -0.2) is 0 Å². The molecule has 0 heterocycles. The second-order valence-corrected chi connectivity index (χ2v) is 4.59. The zero-order valence-corrected chi connectivity index (χ0v) is 9.50. The van der Waals surface area contributed by atoms with Crippen LogP contribution >= 0.6 is 0 Å². The Hall–Kier alpha value is -1.57. The quantitative estimate of drug-likeness (QED) is 0.789. The number of primary amides is 1. The average Bonchev–Trinajstić information content (AvgIpc) is 2.15. The van der Waals surface area contributed by atoms with E-state index in [1.165, 1.54) is 0 Å². The molecule has 0 aromatic heterocycles. The van der Waals surface area contributed by atoms with Gasteiger partial charge in [0, 0.05) is 5.56 Å². The first-order chi connectivity index (χ1) is 6.88. The molecule has 2 N–H and O–H groups in total. The molecule has 80 valence electrons. The first kappa shape index (κ1) is 11.5. The number of hydrogen-bond acceptors (Lipinski definition) is 1. The van der Waals surface area contributed by atoms with E-state index >= 15 is 0 Å².